The molecule has 0 bridgehead atoms. The van der Waals surface area contributed by atoms with Gasteiger partial charge in [-0.15, -0.1) is 0 Å². The largest absolute Gasteiger partial charge is 0.508 e. The van der Waals surface area contributed by atoms with Gasteiger partial charge in [-0.3, -0.25) is 4.79 Å². The molecule has 11 nitrogen and oxygen atoms in total. The summed E-state index contributed by atoms with van der Waals surface area (Å²) in [5.74, 6) is -0.418. The second kappa shape index (κ2) is 13.2. The molecule has 0 unspecified atom stereocenters. The Morgan fingerprint density at radius 2 is 2.00 bits per heavy atom. The number of amides is 1. The van der Waals surface area contributed by atoms with E-state index in [4.69, 9.17) is 15.2 Å². The molecule has 3 aromatic heterocycles. The molecule has 0 saturated carbocycles. The minimum atomic E-state index is -0.613. The van der Waals surface area contributed by atoms with Crippen molar-refractivity contribution in [2.45, 2.75) is 50.7 Å². The third kappa shape index (κ3) is 6.60. The van der Waals surface area contributed by atoms with Gasteiger partial charge in [-0.2, -0.15) is 10.4 Å². The number of likely N-dealkylation sites (tertiary alicyclic amines) is 2. The Morgan fingerprint density at radius 3 is 2.80 bits per heavy atom. The maximum atomic E-state index is 16.6. The van der Waals surface area contributed by atoms with Gasteiger partial charge in [-0.05, 0) is 81.7 Å². The van der Waals surface area contributed by atoms with Gasteiger partial charge in [-0.25, -0.2) is 18.9 Å². The number of aromatic hydroxyl groups is 1. The van der Waals surface area contributed by atoms with E-state index >= 15 is 4.39 Å². The molecule has 2 aliphatic heterocycles. The van der Waals surface area contributed by atoms with Crippen LogP contribution >= 0.6 is 0 Å². The summed E-state index contributed by atoms with van der Waals surface area (Å²) in [6.45, 7) is 3.52. The lowest BCUT2D eigenvalue weighted by Gasteiger charge is -2.38. The molecule has 6 rings (SSSR count). The molecule has 234 valence electrons. The summed E-state index contributed by atoms with van der Waals surface area (Å²) >= 11 is 0. The number of phenols is 1. The fourth-order valence-corrected chi connectivity index (χ4v) is 6.32. The summed E-state index contributed by atoms with van der Waals surface area (Å²) in [4.78, 5) is 27.7. The Kier molecular flexibility index (Phi) is 8.91. The van der Waals surface area contributed by atoms with Crippen LogP contribution in [-0.2, 0) is 11.3 Å². The Bertz CT molecular complexity index is 1730. The zero-order valence-electron chi connectivity index (χ0n) is 25.7. The van der Waals surface area contributed by atoms with Gasteiger partial charge in [0.2, 0.25) is 5.91 Å². The van der Waals surface area contributed by atoms with Crippen molar-refractivity contribution in [1.82, 2.24) is 34.7 Å². The van der Waals surface area contributed by atoms with E-state index in [0.29, 0.717) is 42.6 Å². The maximum absolute atomic E-state index is 16.6. The van der Waals surface area contributed by atoms with E-state index < -0.39 is 5.82 Å². The Balaban J connectivity index is 1.38. The highest BCUT2D eigenvalue weighted by Gasteiger charge is 2.30. The molecule has 2 N–H and O–H groups in total. The van der Waals surface area contributed by atoms with Crippen molar-refractivity contribution in [3.63, 3.8) is 0 Å². The number of phenolic OH excluding ortho intramolecular Hbond substituents is 1. The monoisotopic (exact) mass is 611 g/mol. The zero-order chi connectivity index (χ0) is 31.5. The smallest absolute Gasteiger partial charge is 0.236 e. The van der Waals surface area contributed by atoms with E-state index in [-0.39, 0.29) is 35.6 Å². The number of nitriles is 1. The number of benzene rings is 1. The molecule has 0 spiro atoms. The highest BCUT2D eigenvalue weighted by Crippen LogP contribution is 2.35. The summed E-state index contributed by atoms with van der Waals surface area (Å²) in [5, 5.41) is 27.8. The molecule has 45 heavy (non-hydrogen) atoms. The fourth-order valence-electron chi connectivity index (χ4n) is 6.32. The number of aromatic nitrogens is 4. The first kappa shape index (κ1) is 30.4. The average molecular weight is 612 g/mol. The molecule has 5 heterocycles. The Morgan fingerprint density at radius 1 is 1.18 bits per heavy atom. The number of hydrogen-bond acceptors (Lipinski definition) is 9. The van der Waals surface area contributed by atoms with Crippen LogP contribution in [-0.4, -0.2) is 92.8 Å². The van der Waals surface area contributed by atoms with Crippen LogP contribution in [0.15, 0.2) is 48.8 Å². The van der Waals surface area contributed by atoms with Crippen molar-refractivity contribution in [3.8, 4) is 34.5 Å². The number of carbonyl (C=O) groups is 1. The van der Waals surface area contributed by atoms with E-state index in [1.165, 1.54) is 6.07 Å². The van der Waals surface area contributed by atoms with Crippen molar-refractivity contribution in [3.05, 3.63) is 60.2 Å². The summed E-state index contributed by atoms with van der Waals surface area (Å²) in [6.07, 6.45) is 6.85. The van der Waals surface area contributed by atoms with Gasteiger partial charge < -0.3 is 25.1 Å². The summed E-state index contributed by atoms with van der Waals surface area (Å²) in [7, 11) is 3.90. The number of nitrogens with one attached hydrogen (secondary N) is 1. The first-order chi connectivity index (χ1) is 21.8. The van der Waals surface area contributed by atoms with Crippen molar-refractivity contribution in [2.24, 2.45) is 0 Å². The summed E-state index contributed by atoms with van der Waals surface area (Å²) in [5.41, 5.74) is 2.76. The molecule has 2 fully saturated rings. The van der Waals surface area contributed by atoms with Crippen LogP contribution < -0.4 is 10.2 Å². The SMILES string of the molecule is CN1CCC(NCc2cc(O)cc(-c3nc(-c4cnn5ccccc45)nc(N(C)[C@@H]4CCCN(C(=O)CC#N)C4)c3F)c2)CC1. The molecule has 0 radical (unpaired) electrons. The molecular weight excluding hydrogens is 573 g/mol. The molecule has 0 aliphatic carbocycles. The van der Waals surface area contributed by atoms with Gasteiger partial charge in [0.15, 0.2) is 17.5 Å². The van der Waals surface area contributed by atoms with Crippen LogP contribution in [0.1, 0.15) is 37.7 Å². The number of nitrogens with zero attached hydrogens (tertiary/aromatic N) is 8. The van der Waals surface area contributed by atoms with E-state index in [0.717, 1.165) is 49.9 Å². The molecule has 4 aromatic rings. The van der Waals surface area contributed by atoms with Crippen molar-refractivity contribution in [2.75, 3.05) is 45.2 Å². The number of carbonyl (C=O) groups excluding carboxylic acids is 1. The van der Waals surface area contributed by atoms with Gasteiger partial charge in [0, 0.05) is 50.5 Å². The van der Waals surface area contributed by atoms with E-state index in [9.17, 15) is 9.90 Å². The number of rotatable bonds is 8. The minimum Gasteiger partial charge on any atom is -0.508 e. The second-order valence-corrected chi connectivity index (χ2v) is 12.1. The van der Waals surface area contributed by atoms with Gasteiger partial charge in [0.05, 0.1) is 23.3 Å². The van der Waals surface area contributed by atoms with Crippen LogP contribution in [0.3, 0.4) is 0 Å². The maximum Gasteiger partial charge on any atom is 0.236 e. The number of likely N-dealkylation sites (N-methyl/N-ethyl adjacent to an activating group) is 1. The van der Waals surface area contributed by atoms with E-state index in [2.05, 4.69) is 22.4 Å². The summed E-state index contributed by atoms with van der Waals surface area (Å²) in [6, 6.07) is 12.8. The lowest BCUT2D eigenvalue weighted by molar-refractivity contribution is -0.131. The molecule has 1 amide bonds. The van der Waals surface area contributed by atoms with Gasteiger partial charge in [0.25, 0.3) is 0 Å². The van der Waals surface area contributed by atoms with Crippen LogP contribution in [0.5, 0.6) is 5.75 Å². The van der Waals surface area contributed by atoms with Crippen LogP contribution in [0.25, 0.3) is 28.2 Å². The highest BCUT2D eigenvalue weighted by atomic mass is 19.1. The molecule has 2 saturated heterocycles. The summed E-state index contributed by atoms with van der Waals surface area (Å²) < 4.78 is 18.4. The third-order valence-corrected chi connectivity index (χ3v) is 8.93. The number of fused-ring (bicyclic) bond motifs is 1. The predicted octanol–water partition coefficient (Wildman–Crippen LogP) is 3.83. The van der Waals surface area contributed by atoms with Crippen molar-refractivity contribution in [1.29, 1.82) is 5.26 Å². The Labute approximate surface area is 261 Å². The number of piperidine rings is 2. The Hall–Kier alpha value is -4.60. The third-order valence-electron chi connectivity index (χ3n) is 8.93. The number of halogens is 1. The van der Waals surface area contributed by atoms with Crippen molar-refractivity contribution >= 4 is 17.2 Å². The topological polar surface area (TPSA) is 126 Å². The number of hydrogen-bond donors (Lipinski definition) is 2. The lowest BCUT2D eigenvalue weighted by atomic mass is 10.0. The van der Waals surface area contributed by atoms with Crippen molar-refractivity contribution < 1.29 is 14.3 Å². The normalized spacial score (nSPS) is 17.8. The minimum absolute atomic E-state index is 0.0251. The van der Waals surface area contributed by atoms with E-state index in [1.54, 1.807) is 33.6 Å². The second-order valence-electron chi connectivity index (χ2n) is 12.1. The highest BCUT2D eigenvalue weighted by molar-refractivity contribution is 5.79. The molecule has 12 heteroatoms. The lowest BCUT2D eigenvalue weighted by Crippen LogP contribution is -2.49. The predicted molar refractivity (Wildman–Crippen MR) is 169 cm³/mol. The van der Waals surface area contributed by atoms with Gasteiger partial charge in [0.1, 0.15) is 17.9 Å². The van der Waals surface area contributed by atoms with Crippen LogP contribution in [0.2, 0.25) is 0 Å². The van der Waals surface area contributed by atoms with Crippen LogP contribution in [0.4, 0.5) is 10.2 Å². The molecule has 1 aromatic carbocycles. The van der Waals surface area contributed by atoms with Crippen LogP contribution in [0, 0.1) is 17.1 Å². The zero-order valence-corrected chi connectivity index (χ0v) is 25.7. The van der Waals surface area contributed by atoms with Gasteiger partial charge in [-0.1, -0.05) is 6.07 Å². The molecule has 2 aliphatic rings. The molecular formula is C33H38FN9O2. The number of anilines is 1. The first-order valence-electron chi connectivity index (χ1n) is 15.4. The molecule has 1 atom stereocenters. The van der Waals surface area contributed by atoms with E-state index in [1.807, 2.05) is 36.5 Å². The van der Waals surface area contributed by atoms with Gasteiger partial charge >= 0.3 is 0 Å². The number of pyridine rings is 1. The average Bonchev–Trinajstić information content (AvgIpc) is 3.48. The fraction of sp³-hybridized carbons (Fsp3) is 0.424. The first-order valence-corrected chi connectivity index (χ1v) is 15.4. The quantitative estimate of drug-likeness (QED) is 0.306. The standard InChI is InChI=1S/C33H38FN9O2/c1-40-14-9-24(10-15-40)36-19-22-16-23(18-26(44)17-22)31-30(34)33(41(2)25-6-5-12-42(21-25)29(45)8-11-35)39-32(38-31)27-20-37-43-13-4-3-7-28(27)43/h3-4,7,13,16-18,20,24-25,36,44H,5-6,8-10,12,14-15,19,21H2,1-2H3/t25-/m1/s1.